The number of anilines is 1. The topological polar surface area (TPSA) is 58.0 Å². The molecule has 4 rings (SSSR count). The maximum atomic E-state index is 9.69. The lowest BCUT2D eigenvalue weighted by molar-refractivity contribution is 0.126. The van der Waals surface area contributed by atoms with Gasteiger partial charge < -0.3 is 10.4 Å². The third-order valence-electron chi connectivity index (χ3n) is 4.80. The number of nitrogens with one attached hydrogen (secondary N) is 1. The number of aryl methyl sites for hydroxylation is 1. The molecule has 4 nitrogen and oxygen atoms in total. The largest absolute Gasteiger partial charge is 0.393 e. The molecule has 0 unspecified atom stereocenters. The Hall–Kier alpha value is -1.98. The Labute approximate surface area is 145 Å². The quantitative estimate of drug-likeness (QED) is 0.743. The minimum absolute atomic E-state index is 0.138. The smallest absolute Gasteiger partial charge is 0.138 e. The highest BCUT2D eigenvalue weighted by atomic mass is 32.1. The van der Waals surface area contributed by atoms with Gasteiger partial charge in [-0.2, -0.15) is 0 Å². The fraction of sp³-hybridized carbons (Fsp3) is 0.368. The van der Waals surface area contributed by atoms with Crippen molar-refractivity contribution < 1.29 is 5.11 Å². The third kappa shape index (κ3) is 2.89. The summed E-state index contributed by atoms with van der Waals surface area (Å²) in [7, 11) is 0. The number of rotatable bonds is 3. The van der Waals surface area contributed by atoms with Gasteiger partial charge in [0.05, 0.1) is 11.5 Å². The number of nitrogens with zero attached hydrogens (tertiary/aromatic N) is 2. The first-order valence-electron chi connectivity index (χ1n) is 8.46. The van der Waals surface area contributed by atoms with E-state index in [2.05, 4.69) is 46.5 Å². The number of aliphatic hydroxyl groups excluding tert-OH is 1. The van der Waals surface area contributed by atoms with Gasteiger partial charge >= 0.3 is 0 Å². The van der Waals surface area contributed by atoms with E-state index >= 15 is 0 Å². The first-order valence-corrected chi connectivity index (χ1v) is 9.28. The SMILES string of the molecule is Cc1c(-c2ccccc2)sc2ncnc(NC3CCC(O)CC3)c12. The van der Waals surface area contributed by atoms with Gasteiger partial charge in [0, 0.05) is 10.9 Å². The van der Waals surface area contributed by atoms with Gasteiger partial charge in [-0.05, 0) is 43.7 Å². The summed E-state index contributed by atoms with van der Waals surface area (Å²) in [4.78, 5) is 11.3. The van der Waals surface area contributed by atoms with Crippen molar-refractivity contribution in [1.82, 2.24) is 9.97 Å². The fourth-order valence-electron chi connectivity index (χ4n) is 3.46. The molecule has 1 aliphatic rings. The molecule has 0 spiro atoms. The fourth-order valence-corrected chi connectivity index (χ4v) is 4.61. The number of aromatic nitrogens is 2. The molecular formula is C19H21N3OS. The summed E-state index contributed by atoms with van der Waals surface area (Å²) >= 11 is 1.72. The lowest BCUT2D eigenvalue weighted by Crippen LogP contribution is -2.28. The van der Waals surface area contributed by atoms with Gasteiger partial charge in [0.15, 0.2) is 0 Å². The number of hydrogen-bond donors (Lipinski definition) is 2. The van der Waals surface area contributed by atoms with Crippen LogP contribution >= 0.6 is 11.3 Å². The van der Waals surface area contributed by atoms with Gasteiger partial charge in [-0.3, -0.25) is 0 Å². The van der Waals surface area contributed by atoms with E-state index in [4.69, 9.17) is 0 Å². The molecule has 5 heteroatoms. The van der Waals surface area contributed by atoms with Gasteiger partial charge in [0.2, 0.25) is 0 Å². The van der Waals surface area contributed by atoms with Gasteiger partial charge in [-0.1, -0.05) is 30.3 Å². The van der Waals surface area contributed by atoms with Crippen LogP contribution in [0.5, 0.6) is 0 Å². The minimum Gasteiger partial charge on any atom is -0.393 e. The minimum atomic E-state index is -0.138. The van der Waals surface area contributed by atoms with Crippen LogP contribution < -0.4 is 5.32 Å². The number of hydrogen-bond acceptors (Lipinski definition) is 5. The first kappa shape index (κ1) is 15.5. The molecule has 0 atom stereocenters. The number of thiophene rings is 1. The van der Waals surface area contributed by atoms with Crippen LogP contribution in [0.15, 0.2) is 36.7 Å². The predicted octanol–water partition coefficient (Wildman–Crippen LogP) is 4.38. The van der Waals surface area contributed by atoms with Crippen LogP contribution in [-0.2, 0) is 0 Å². The number of aliphatic hydroxyl groups is 1. The average Bonchev–Trinajstić information content (AvgIpc) is 2.96. The summed E-state index contributed by atoms with van der Waals surface area (Å²) in [6, 6.07) is 10.8. The Bertz CT molecular complexity index is 838. The Morgan fingerprint density at radius 1 is 1.08 bits per heavy atom. The zero-order chi connectivity index (χ0) is 16.5. The zero-order valence-electron chi connectivity index (χ0n) is 13.7. The summed E-state index contributed by atoms with van der Waals surface area (Å²) in [5, 5.41) is 14.4. The van der Waals surface area contributed by atoms with Crippen molar-refractivity contribution in [3.05, 3.63) is 42.2 Å². The molecule has 1 fully saturated rings. The van der Waals surface area contributed by atoms with Crippen molar-refractivity contribution in [1.29, 1.82) is 0 Å². The first-order chi connectivity index (χ1) is 11.7. The third-order valence-corrected chi connectivity index (χ3v) is 6.05. The molecular weight excluding hydrogens is 318 g/mol. The van der Waals surface area contributed by atoms with Gasteiger partial charge in [-0.15, -0.1) is 11.3 Å². The van der Waals surface area contributed by atoms with E-state index in [0.717, 1.165) is 41.7 Å². The Morgan fingerprint density at radius 3 is 2.58 bits per heavy atom. The van der Waals surface area contributed by atoms with Gasteiger partial charge in [0.1, 0.15) is 17.0 Å². The van der Waals surface area contributed by atoms with E-state index in [1.807, 2.05) is 6.07 Å². The van der Waals surface area contributed by atoms with E-state index in [1.54, 1.807) is 17.7 Å². The lowest BCUT2D eigenvalue weighted by Gasteiger charge is -2.26. The van der Waals surface area contributed by atoms with Crippen molar-refractivity contribution in [2.75, 3.05) is 5.32 Å². The van der Waals surface area contributed by atoms with Crippen LogP contribution in [0, 0.1) is 6.92 Å². The molecule has 0 radical (unpaired) electrons. The van der Waals surface area contributed by atoms with E-state index in [0.29, 0.717) is 6.04 Å². The van der Waals surface area contributed by atoms with E-state index in [1.165, 1.54) is 16.0 Å². The molecule has 1 aromatic carbocycles. The summed E-state index contributed by atoms with van der Waals surface area (Å²) in [5.41, 5.74) is 2.46. The summed E-state index contributed by atoms with van der Waals surface area (Å²) in [6.45, 7) is 2.15. The number of benzene rings is 1. The van der Waals surface area contributed by atoms with E-state index in [-0.39, 0.29) is 6.10 Å². The second-order valence-electron chi connectivity index (χ2n) is 6.47. The molecule has 0 bridgehead atoms. The van der Waals surface area contributed by atoms with Crippen LogP contribution in [0.1, 0.15) is 31.2 Å². The van der Waals surface area contributed by atoms with E-state index < -0.39 is 0 Å². The van der Waals surface area contributed by atoms with Crippen LogP contribution in [0.2, 0.25) is 0 Å². The molecule has 2 heterocycles. The van der Waals surface area contributed by atoms with Gasteiger partial charge in [-0.25, -0.2) is 9.97 Å². The lowest BCUT2D eigenvalue weighted by atomic mass is 9.93. The molecule has 1 aliphatic carbocycles. The van der Waals surface area contributed by atoms with Crippen molar-refractivity contribution in [3.8, 4) is 10.4 Å². The summed E-state index contributed by atoms with van der Waals surface area (Å²) < 4.78 is 0. The highest BCUT2D eigenvalue weighted by molar-refractivity contribution is 7.22. The molecule has 0 saturated heterocycles. The second-order valence-corrected chi connectivity index (χ2v) is 7.47. The average molecular weight is 339 g/mol. The predicted molar refractivity (Wildman–Crippen MR) is 99.5 cm³/mol. The van der Waals surface area contributed by atoms with Crippen molar-refractivity contribution in [2.24, 2.45) is 0 Å². The summed E-state index contributed by atoms with van der Waals surface area (Å²) in [5.74, 6) is 0.928. The molecule has 1 saturated carbocycles. The molecule has 2 aromatic heterocycles. The standard InChI is InChI=1S/C19H21N3OS/c1-12-16-18(22-14-7-9-15(23)10-8-14)20-11-21-19(16)24-17(12)13-5-3-2-4-6-13/h2-6,11,14-15,23H,7-10H2,1H3,(H,20,21,22). The monoisotopic (exact) mass is 339 g/mol. The molecule has 2 N–H and O–H groups in total. The molecule has 24 heavy (non-hydrogen) atoms. The highest BCUT2D eigenvalue weighted by Crippen LogP contribution is 2.40. The Balaban J connectivity index is 1.71. The molecule has 3 aromatic rings. The molecule has 124 valence electrons. The molecule has 0 amide bonds. The van der Waals surface area contributed by atoms with Gasteiger partial charge in [0.25, 0.3) is 0 Å². The zero-order valence-corrected chi connectivity index (χ0v) is 14.5. The second kappa shape index (κ2) is 6.49. The maximum absolute atomic E-state index is 9.69. The van der Waals surface area contributed by atoms with Crippen LogP contribution in [0.4, 0.5) is 5.82 Å². The van der Waals surface area contributed by atoms with Crippen LogP contribution in [0.25, 0.3) is 20.7 Å². The highest BCUT2D eigenvalue weighted by Gasteiger charge is 2.22. The maximum Gasteiger partial charge on any atom is 0.138 e. The Morgan fingerprint density at radius 2 is 1.83 bits per heavy atom. The van der Waals surface area contributed by atoms with Crippen LogP contribution in [0.3, 0.4) is 0 Å². The van der Waals surface area contributed by atoms with E-state index in [9.17, 15) is 5.11 Å². The Kier molecular flexibility index (Phi) is 4.21. The normalized spacial score (nSPS) is 21.1. The summed E-state index contributed by atoms with van der Waals surface area (Å²) in [6.07, 6.45) is 5.21. The van der Waals surface area contributed by atoms with Crippen molar-refractivity contribution in [2.45, 2.75) is 44.8 Å². The van der Waals surface area contributed by atoms with Crippen LogP contribution in [-0.4, -0.2) is 27.2 Å². The van der Waals surface area contributed by atoms with Crippen molar-refractivity contribution >= 4 is 27.4 Å². The van der Waals surface area contributed by atoms with Crippen molar-refractivity contribution in [3.63, 3.8) is 0 Å². The number of fused-ring (bicyclic) bond motifs is 1. The molecule has 0 aliphatic heterocycles.